The Bertz CT molecular complexity index is 796. The molecule has 1 saturated carbocycles. The van der Waals surface area contributed by atoms with Crippen molar-refractivity contribution in [1.82, 2.24) is 20.2 Å². The summed E-state index contributed by atoms with van der Waals surface area (Å²) in [4.78, 5) is 8.65. The zero-order valence-corrected chi connectivity index (χ0v) is 11.7. The highest BCUT2D eigenvalue weighted by Gasteiger charge is 2.26. The van der Waals surface area contributed by atoms with Crippen molar-refractivity contribution in [2.45, 2.75) is 25.2 Å². The fourth-order valence-corrected chi connectivity index (χ4v) is 2.25. The van der Waals surface area contributed by atoms with Gasteiger partial charge in [-0.2, -0.15) is 0 Å². The molecule has 3 aromatic rings. The van der Waals surface area contributed by atoms with Gasteiger partial charge in [-0.3, -0.25) is 0 Å². The number of hydrogen-bond acceptors (Lipinski definition) is 5. The number of hydrogen-bond donors (Lipinski definition) is 0. The first-order chi connectivity index (χ1) is 10.8. The van der Waals surface area contributed by atoms with E-state index < -0.39 is 0 Å². The molecular formula is C16H13FN4O. The minimum atomic E-state index is -0.278. The van der Waals surface area contributed by atoms with E-state index in [1.54, 1.807) is 30.6 Å². The largest absolute Gasteiger partial charge is 0.420 e. The highest BCUT2D eigenvalue weighted by molar-refractivity contribution is 5.49. The molecule has 0 unspecified atom stereocenters. The van der Waals surface area contributed by atoms with Gasteiger partial charge >= 0.3 is 0 Å². The SMILES string of the molecule is Fc1ccccc1Cc1nnc(-c2cnc(C3CC3)nc2)o1. The molecule has 5 nitrogen and oxygen atoms in total. The van der Waals surface area contributed by atoms with Crippen molar-refractivity contribution in [3.63, 3.8) is 0 Å². The second kappa shape index (κ2) is 5.29. The number of halogens is 1. The van der Waals surface area contributed by atoms with Crippen LogP contribution in [0.5, 0.6) is 0 Å². The highest BCUT2D eigenvalue weighted by Crippen LogP contribution is 2.37. The van der Waals surface area contributed by atoms with Gasteiger partial charge in [0, 0.05) is 18.3 Å². The van der Waals surface area contributed by atoms with Crippen LogP contribution in [-0.4, -0.2) is 20.2 Å². The molecule has 4 rings (SSSR count). The maximum Gasteiger partial charge on any atom is 0.250 e. The van der Waals surface area contributed by atoms with Gasteiger partial charge in [0.15, 0.2) is 0 Å². The molecule has 1 fully saturated rings. The lowest BCUT2D eigenvalue weighted by Crippen LogP contribution is -1.92. The highest BCUT2D eigenvalue weighted by atomic mass is 19.1. The molecule has 0 saturated heterocycles. The van der Waals surface area contributed by atoms with Gasteiger partial charge in [-0.15, -0.1) is 10.2 Å². The van der Waals surface area contributed by atoms with Crippen LogP contribution in [0.15, 0.2) is 41.1 Å². The van der Waals surface area contributed by atoms with E-state index in [9.17, 15) is 4.39 Å². The molecule has 2 aromatic heterocycles. The van der Waals surface area contributed by atoms with E-state index in [1.165, 1.54) is 6.07 Å². The van der Waals surface area contributed by atoms with Crippen LogP contribution in [0.1, 0.15) is 36.0 Å². The minimum Gasteiger partial charge on any atom is -0.420 e. The Hall–Kier alpha value is -2.63. The lowest BCUT2D eigenvalue weighted by molar-refractivity contribution is 0.511. The summed E-state index contributed by atoms with van der Waals surface area (Å²) in [6, 6.07) is 6.54. The summed E-state index contributed by atoms with van der Waals surface area (Å²) in [6.07, 6.45) is 5.97. The second-order valence-corrected chi connectivity index (χ2v) is 5.37. The maximum atomic E-state index is 13.6. The summed E-state index contributed by atoms with van der Waals surface area (Å²) < 4.78 is 19.2. The third-order valence-electron chi connectivity index (χ3n) is 3.63. The van der Waals surface area contributed by atoms with Gasteiger partial charge in [0.05, 0.1) is 12.0 Å². The summed E-state index contributed by atoms with van der Waals surface area (Å²) in [6.45, 7) is 0. The predicted molar refractivity (Wildman–Crippen MR) is 76.5 cm³/mol. The smallest absolute Gasteiger partial charge is 0.250 e. The van der Waals surface area contributed by atoms with Crippen LogP contribution in [0.4, 0.5) is 4.39 Å². The number of benzene rings is 1. The van der Waals surface area contributed by atoms with E-state index in [2.05, 4.69) is 20.2 Å². The van der Waals surface area contributed by atoms with Crippen LogP contribution in [0, 0.1) is 5.82 Å². The zero-order chi connectivity index (χ0) is 14.9. The Morgan fingerprint density at radius 1 is 1.09 bits per heavy atom. The lowest BCUT2D eigenvalue weighted by Gasteiger charge is -1.99. The van der Waals surface area contributed by atoms with Crippen molar-refractivity contribution in [1.29, 1.82) is 0 Å². The van der Waals surface area contributed by atoms with E-state index in [1.807, 2.05) is 0 Å². The van der Waals surface area contributed by atoms with Crippen molar-refractivity contribution in [3.05, 3.63) is 59.8 Å². The third kappa shape index (κ3) is 2.59. The topological polar surface area (TPSA) is 64.7 Å². The molecule has 2 heterocycles. The van der Waals surface area contributed by atoms with Crippen molar-refractivity contribution >= 4 is 0 Å². The lowest BCUT2D eigenvalue weighted by atomic mass is 10.1. The monoisotopic (exact) mass is 296 g/mol. The van der Waals surface area contributed by atoms with Crippen LogP contribution in [0.3, 0.4) is 0 Å². The quantitative estimate of drug-likeness (QED) is 0.740. The average molecular weight is 296 g/mol. The molecule has 0 atom stereocenters. The van der Waals surface area contributed by atoms with E-state index in [4.69, 9.17) is 4.42 Å². The van der Waals surface area contributed by atoms with Crippen LogP contribution >= 0.6 is 0 Å². The standard InChI is InChI=1S/C16H13FN4O/c17-13-4-2-1-3-11(13)7-14-20-21-16(22-14)12-8-18-15(19-9-12)10-5-6-10/h1-4,8-10H,5-7H2. The van der Waals surface area contributed by atoms with Gasteiger partial charge in [-0.05, 0) is 24.5 Å². The Morgan fingerprint density at radius 2 is 1.86 bits per heavy atom. The molecule has 0 N–H and O–H groups in total. The molecule has 0 spiro atoms. The molecule has 0 bridgehead atoms. The van der Waals surface area contributed by atoms with Gasteiger partial charge < -0.3 is 4.42 Å². The van der Waals surface area contributed by atoms with Gasteiger partial charge in [-0.1, -0.05) is 18.2 Å². The fourth-order valence-electron chi connectivity index (χ4n) is 2.25. The first-order valence-corrected chi connectivity index (χ1v) is 7.18. The Labute approximate surface area is 126 Å². The van der Waals surface area contributed by atoms with Crippen molar-refractivity contribution in [3.8, 4) is 11.5 Å². The van der Waals surface area contributed by atoms with Gasteiger partial charge in [-0.25, -0.2) is 14.4 Å². The Balaban J connectivity index is 1.54. The summed E-state index contributed by atoms with van der Waals surface area (Å²) in [5.41, 5.74) is 1.20. The zero-order valence-electron chi connectivity index (χ0n) is 11.7. The molecule has 0 radical (unpaired) electrons. The van der Waals surface area contributed by atoms with Crippen molar-refractivity contribution in [2.24, 2.45) is 0 Å². The minimum absolute atomic E-state index is 0.265. The number of nitrogens with zero attached hydrogens (tertiary/aromatic N) is 4. The molecule has 1 aliphatic carbocycles. The van der Waals surface area contributed by atoms with Crippen molar-refractivity contribution < 1.29 is 8.81 Å². The molecular weight excluding hydrogens is 283 g/mol. The van der Waals surface area contributed by atoms with Crippen LogP contribution < -0.4 is 0 Å². The summed E-state index contributed by atoms with van der Waals surface area (Å²) in [5.74, 6) is 1.82. The summed E-state index contributed by atoms with van der Waals surface area (Å²) in [7, 11) is 0. The summed E-state index contributed by atoms with van der Waals surface area (Å²) in [5, 5.41) is 7.94. The molecule has 1 aromatic carbocycles. The Kier molecular flexibility index (Phi) is 3.14. The van der Waals surface area contributed by atoms with Gasteiger partial charge in [0.2, 0.25) is 5.89 Å². The van der Waals surface area contributed by atoms with Gasteiger partial charge in [0.1, 0.15) is 11.6 Å². The van der Waals surface area contributed by atoms with E-state index in [-0.39, 0.29) is 12.2 Å². The fraction of sp³-hybridized carbons (Fsp3) is 0.250. The predicted octanol–water partition coefficient (Wildman–Crippen LogP) is 3.13. The van der Waals surface area contributed by atoms with Crippen LogP contribution in [-0.2, 0) is 6.42 Å². The van der Waals surface area contributed by atoms with E-state index >= 15 is 0 Å². The number of rotatable bonds is 4. The van der Waals surface area contributed by atoms with E-state index in [0.717, 1.165) is 18.7 Å². The average Bonchev–Trinajstić information content (AvgIpc) is 3.30. The summed E-state index contributed by atoms with van der Waals surface area (Å²) >= 11 is 0. The maximum absolute atomic E-state index is 13.6. The third-order valence-corrected chi connectivity index (χ3v) is 3.63. The molecule has 22 heavy (non-hydrogen) atoms. The molecule has 110 valence electrons. The first kappa shape index (κ1) is 13.1. The molecule has 1 aliphatic rings. The molecule has 0 aliphatic heterocycles. The second-order valence-electron chi connectivity index (χ2n) is 5.37. The van der Waals surface area contributed by atoms with Crippen LogP contribution in [0.25, 0.3) is 11.5 Å². The van der Waals surface area contributed by atoms with E-state index in [0.29, 0.717) is 28.8 Å². The Morgan fingerprint density at radius 3 is 2.59 bits per heavy atom. The molecule has 6 heteroatoms. The van der Waals surface area contributed by atoms with Crippen LogP contribution in [0.2, 0.25) is 0 Å². The van der Waals surface area contributed by atoms with Crippen molar-refractivity contribution in [2.75, 3.05) is 0 Å². The number of aromatic nitrogens is 4. The van der Waals surface area contributed by atoms with Gasteiger partial charge in [0.25, 0.3) is 5.89 Å². The molecule has 0 amide bonds. The first-order valence-electron chi connectivity index (χ1n) is 7.18. The normalized spacial score (nSPS) is 14.2.